The molecule has 1 heterocycles. The SMILES string of the molecule is O1[Te]O[Te]1. The second kappa shape index (κ2) is 1.82. The molecule has 0 atom stereocenters. The van der Waals surface area contributed by atoms with Gasteiger partial charge >= 0.3 is 46.4 Å². The summed E-state index contributed by atoms with van der Waals surface area (Å²) < 4.78 is 9.52. The molecule has 0 aromatic rings. The summed E-state index contributed by atoms with van der Waals surface area (Å²) in [7, 11) is 0. The van der Waals surface area contributed by atoms with Gasteiger partial charge in [0.2, 0.25) is 0 Å². The Bertz CT molecular complexity index is 12.0. The first-order chi connectivity index (χ1) is 2.00. The van der Waals surface area contributed by atoms with Gasteiger partial charge < -0.3 is 0 Å². The first kappa shape index (κ1) is 3.68. The molecule has 1 aliphatic heterocycles. The summed E-state index contributed by atoms with van der Waals surface area (Å²) in [6, 6.07) is 0. The van der Waals surface area contributed by atoms with Crippen LogP contribution in [-0.2, 0) is 2.93 Å². The molecule has 24 valence electrons. The summed E-state index contributed by atoms with van der Waals surface area (Å²) in [6.07, 6.45) is 0. The predicted octanol–water partition coefficient (Wildman–Crippen LogP) is -0.898. The molecule has 0 spiro atoms. The Balaban J connectivity index is 2.00. The van der Waals surface area contributed by atoms with E-state index in [1.54, 1.807) is 0 Å². The van der Waals surface area contributed by atoms with Crippen molar-refractivity contribution in [1.29, 1.82) is 0 Å². The van der Waals surface area contributed by atoms with E-state index in [2.05, 4.69) is 0 Å². The standard InChI is InChI=1S/O2Te2/c1-3-2-4-1. The average Bonchev–Trinajstić information content (AvgIpc) is 0.722. The van der Waals surface area contributed by atoms with Gasteiger partial charge in [-0.1, -0.05) is 0 Å². The van der Waals surface area contributed by atoms with Gasteiger partial charge in [0, 0.05) is 0 Å². The summed E-state index contributed by atoms with van der Waals surface area (Å²) >= 11 is -0.560. The van der Waals surface area contributed by atoms with Crippen LogP contribution in [0.15, 0.2) is 0 Å². The Morgan fingerprint density at radius 3 is 1.25 bits per heavy atom. The van der Waals surface area contributed by atoms with Gasteiger partial charge in [-0.25, -0.2) is 0 Å². The molecule has 0 N–H and O–H groups in total. The zero-order valence-corrected chi connectivity index (χ0v) is 6.29. The molecule has 0 unspecified atom stereocenters. The van der Waals surface area contributed by atoms with Gasteiger partial charge in [0.05, 0.1) is 0 Å². The van der Waals surface area contributed by atoms with E-state index in [4.69, 9.17) is 2.93 Å². The molecule has 0 saturated carbocycles. The second-order valence-corrected chi connectivity index (χ2v) is 7.04. The molecule has 0 amide bonds. The number of hydrogen-bond donors (Lipinski definition) is 0. The Morgan fingerprint density at radius 2 is 1.25 bits per heavy atom. The molecule has 4 heteroatoms. The fourth-order valence-electron chi connectivity index (χ4n) is 0.0278. The molecule has 1 saturated heterocycles. The fraction of sp³-hybridized carbons (Fsp3) is 0. The number of rotatable bonds is 0. The first-order valence-electron chi connectivity index (χ1n) is 0.667. The van der Waals surface area contributed by atoms with Crippen molar-refractivity contribution in [1.82, 2.24) is 0 Å². The maximum absolute atomic E-state index is 4.76. The third kappa shape index (κ3) is 0.723. The van der Waals surface area contributed by atoms with Crippen molar-refractivity contribution in [2.24, 2.45) is 0 Å². The minimum atomic E-state index is -0.280. The number of hydrogen-bond acceptors (Lipinski definition) is 2. The van der Waals surface area contributed by atoms with Gasteiger partial charge in [0.15, 0.2) is 0 Å². The molecular weight excluding hydrogens is 287 g/mol. The van der Waals surface area contributed by atoms with E-state index in [1.807, 2.05) is 0 Å². The summed E-state index contributed by atoms with van der Waals surface area (Å²) in [6.45, 7) is 0. The molecule has 0 bridgehead atoms. The van der Waals surface area contributed by atoms with Gasteiger partial charge in [-0.05, 0) is 0 Å². The van der Waals surface area contributed by atoms with Crippen LogP contribution in [0.25, 0.3) is 0 Å². The second-order valence-electron chi connectivity index (χ2n) is 0.272. The monoisotopic (exact) mass is 292 g/mol. The van der Waals surface area contributed by atoms with Crippen LogP contribution in [0, 0.1) is 0 Å². The molecule has 0 radical (unpaired) electrons. The van der Waals surface area contributed by atoms with E-state index in [0.717, 1.165) is 0 Å². The van der Waals surface area contributed by atoms with Crippen molar-refractivity contribution >= 4 is 43.5 Å². The normalized spacial score (nSPS) is 24.0. The summed E-state index contributed by atoms with van der Waals surface area (Å²) in [5.41, 5.74) is 0. The van der Waals surface area contributed by atoms with Crippen LogP contribution in [0.2, 0.25) is 0 Å². The van der Waals surface area contributed by atoms with Crippen molar-refractivity contribution < 1.29 is 2.93 Å². The molecular formula is O2Te2. The van der Waals surface area contributed by atoms with Crippen LogP contribution in [-0.4, -0.2) is 43.5 Å². The van der Waals surface area contributed by atoms with Crippen LogP contribution in [0.5, 0.6) is 0 Å². The minimum absolute atomic E-state index is 0.280. The van der Waals surface area contributed by atoms with Crippen molar-refractivity contribution in [3.63, 3.8) is 0 Å². The van der Waals surface area contributed by atoms with Crippen LogP contribution in [0.1, 0.15) is 0 Å². The van der Waals surface area contributed by atoms with E-state index in [1.165, 1.54) is 0 Å². The topological polar surface area (TPSA) is 18.5 Å². The molecule has 1 aliphatic rings. The van der Waals surface area contributed by atoms with Crippen molar-refractivity contribution in [3.8, 4) is 0 Å². The predicted molar refractivity (Wildman–Crippen MR) is 13.7 cm³/mol. The zero-order valence-electron chi connectivity index (χ0n) is 1.63. The van der Waals surface area contributed by atoms with Crippen molar-refractivity contribution in [2.45, 2.75) is 0 Å². The summed E-state index contributed by atoms with van der Waals surface area (Å²) in [5, 5.41) is 0. The molecule has 0 aromatic carbocycles. The Labute approximate surface area is 46.2 Å². The van der Waals surface area contributed by atoms with Gasteiger partial charge in [0.1, 0.15) is 0 Å². The summed E-state index contributed by atoms with van der Waals surface area (Å²) in [4.78, 5) is 0. The van der Waals surface area contributed by atoms with E-state index in [-0.39, 0.29) is 43.5 Å². The van der Waals surface area contributed by atoms with Crippen molar-refractivity contribution in [3.05, 3.63) is 0 Å². The fourth-order valence-corrected chi connectivity index (χ4v) is 1.25. The van der Waals surface area contributed by atoms with E-state index in [9.17, 15) is 0 Å². The van der Waals surface area contributed by atoms with E-state index < -0.39 is 0 Å². The third-order valence-electron chi connectivity index (χ3n) is 0.111. The molecule has 2 nitrogen and oxygen atoms in total. The van der Waals surface area contributed by atoms with Crippen LogP contribution >= 0.6 is 0 Å². The zero-order chi connectivity index (χ0) is 2.83. The Hall–Kier alpha value is 1.50. The van der Waals surface area contributed by atoms with Crippen molar-refractivity contribution in [2.75, 3.05) is 0 Å². The molecule has 0 aliphatic carbocycles. The van der Waals surface area contributed by atoms with Crippen LogP contribution < -0.4 is 0 Å². The average molecular weight is 287 g/mol. The Morgan fingerprint density at radius 1 is 1.00 bits per heavy atom. The molecule has 0 aromatic heterocycles. The maximum atomic E-state index is 4.76. The molecule has 1 rings (SSSR count). The molecule has 1 fully saturated rings. The first-order valence-corrected chi connectivity index (χ1v) is 4.47. The van der Waals surface area contributed by atoms with E-state index in [0.29, 0.717) is 0 Å². The molecule has 4 heavy (non-hydrogen) atoms. The van der Waals surface area contributed by atoms with Gasteiger partial charge in [-0.3, -0.25) is 0 Å². The van der Waals surface area contributed by atoms with Gasteiger partial charge in [0.25, 0.3) is 0 Å². The Kier molecular flexibility index (Phi) is 1.68. The van der Waals surface area contributed by atoms with Gasteiger partial charge in [-0.2, -0.15) is 0 Å². The van der Waals surface area contributed by atoms with Crippen LogP contribution in [0.3, 0.4) is 0 Å². The van der Waals surface area contributed by atoms with Gasteiger partial charge in [-0.15, -0.1) is 0 Å². The van der Waals surface area contributed by atoms with Crippen LogP contribution in [0.4, 0.5) is 0 Å². The quantitative estimate of drug-likeness (QED) is 0.538. The van der Waals surface area contributed by atoms with E-state index >= 15 is 0 Å². The third-order valence-corrected chi connectivity index (χ3v) is 5.00. The summed E-state index contributed by atoms with van der Waals surface area (Å²) in [5.74, 6) is 0.